The summed E-state index contributed by atoms with van der Waals surface area (Å²) < 4.78 is 28.7. The Morgan fingerprint density at radius 2 is 1.95 bits per heavy atom. The number of hydrogen-bond donors (Lipinski definition) is 2. The van der Waals surface area contributed by atoms with Gasteiger partial charge in [0.1, 0.15) is 11.6 Å². The fraction of sp³-hybridized carbons (Fsp3) is 0.182. The number of hydrogen-bond acceptors (Lipinski definition) is 5. The van der Waals surface area contributed by atoms with Crippen LogP contribution in [-0.4, -0.2) is 14.8 Å². The van der Waals surface area contributed by atoms with Crippen LogP contribution in [0.5, 0.6) is 0 Å². The second kappa shape index (κ2) is 5.55. The normalized spacial score (nSPS) is 10.8. The Balaban J connectivity index is 2.48. The van der Waals surface area contributed by atoms with Gasteiger partial charge < -0.3 is 5.73 Å². The van der Waals surface area contributed by atoms with Gasteiger partial charge in [-0.15, -0.1) is 0 Å². The largest absolute Gasteiger partial charge is 0.339 e. The van der Waals surface area contributed by atoms with Crippen LogP contribution in [0.15, 0.2) is 31.8 Å². The summed E-state index contributed by atoms with van der Waals surface area (Å²) >= 11 is 0.600. The fourth-order valence-electron chi connectivity index (χ4n) is 1.47. The number of nitrogens with zero attached hydrogens (tertiary/aromatic N) is 2. The zero-order chi connectivity index (χ0) is 14.9. The highest BCUT2D eigenvalue weighted by Gasteiger charge is 2.15. The van der Waals surface area contributed by atoms with E-state index in [1.165, 1.54) is 7.05 Å². The minimum atomic E-state index is -1.02. The molecule has 0 fully saturated rings. The lowest BCUT2D eigenvalue weighted by Crippen LogP contribution is -2.33. The molecule has 0 atom stereocenters. The molecular weight excluding hydrogens is 290 g/mol. The Morgan fingerprint density at radius 3 is 2.50 bits per heavy atom. The number of H-pyrrole nitrogens is 1. The van der Waals surface area contributed by atoms with Gasteiger partial charge in [0.2, 0.25) is 0 Å². The van der Waals surface area contributed by atoms with E-state index in [2.05, 4.69) is 10.1 Å². The number of nitrogens with two attached hydrogens (primary N) is 1. The van der Waals surface area contributed by atoms with E-state index in [4.69, 9.17) is 5.73 Å². The summed E-state index contributed by atoms with van der Waals surface area (Å²) in [6, 6.07) is 2.21. The van der Waals surface area contributed by atoms with Gasteiger partial charge in [0.25, 0.3) is 0 Å². The van der Waals surface area contributed by atoms with Crippen molar-refractivity contribution in [2.75, 3.05) is 0 Å². The third-order valence-electron chi connectivity index (χ3n) is 2.43. The van der Waals surface area contributed by atoms with Crippen molar-refractivity contribution in [2.24, 2.45) is 12.8 Å². The van der Waals surface area contributed by atoms with E-state index in [-0.39, 0.29) is 16.6 Å². The van der Waals surface area contributed by atoms with Crippen LogP contribution in [-0.2, 0) is 13.6 Å². The minimum absolute atomic E-state index is 0.00811. The second-order valence-corrected chi connectivity index (χ2v) is 4.87. The number of nitrogens with one attached hydrogen (secondary N) is 1. The predicted octanol–water partition coefficient (Wildman–Crippen LogP) is 0.357. The molecule has 0 saturated carbocycles. The average Bonchev–Trinajstić information content (AvgIpc) is 2.39. The molecule has 106 valence electrons. The van der Waals surface area contributed by atoms with Crippen molar-refractivity contribution >= 4 is 11.8 Å². The molecule has 2 rings (SSSR count). The van der Waals surface area contributed by atoms with Gasteiger partial charge in [0.15, 0.2) is 5.16 Å². The van der Waals surface area contributed by atoms with Gasteiger partial charge in [0.05, 0.1) is 4.90 Å². The van der Waals surface area contributed by atoms with Crippen LogP contribution in [0.25, 0.3) is 0 Å². The van der Waals surface area contributed by atoms with E-state index in [9.17, 15) is 18.4 Å². The number of aryl methyl sites for hydroxylation is 1. The maximum absolute atomic E-state index is 13.8. The molecule has 0 aliphatic heterocycles. The predicted molar refractivity (Wildman–Crippen MR) is 68.5 cm³/mol. The molecule has 1 aromatic heterocycles. The summed E-state index contributed by atoms with van der Waals surface area (Å²) in [4.78, 5) is 25.3. The second-order valence-electron chi connectivity index (χ2n) is 3.89. The lowest BCUT2D eigenvalue weighted by atomic mass is 10.2. The highest BCUT2D eigenvalue weighted by molar-refractivity contribution is 7.99. The highest BCUT2D eigenvalue weighted by atomic mass is 32.2. The van der Waals surface area contributed by atoms with Gasteiger partial charge in [-0.1, -0.05) is 0 Å². The summed E-state index contributed by atoms with van der Waals surface area (Å²) in [5, 5.41) is 2.15. The van der Waals surface area contributed by atoms with E-state index in [0.29, 0.717) is 17.3 Å². The molecule has 0 spiro atoms. The Bertz CT molecular complexity index is 749. The molecule has 0 aliphatic carbocycles. The smallest absolute Gasteiger partial charge is 0.326 e. The number of aromatic nitrogens is 3. The lowest BCUT2D eigenvalue weighted by Gasteiger charge is -2.08. The maximum atomic E-state index is 13.8. The molecule has 20 heavy (non-hydrogen) atoms. The molecule has 3 N–H and O–H groups in total. The topological polar surface area (TPSA) is 93.8 Å². The van der Waals surface area contributed by atoms with E-state index < -0.39 is 22.8 Å². The van der Waals surface area contributed by atoms with Crippen molar-refractivity contribution in [3.8, 4) is 0 Å². The van der Waals surface area contributed by atoms with E-state index in [0.717, 1.165) is 16.8 Å². The van der Waals surface area contributed by atoms with Crippen LogP contribution in [0.4, 0.5) is 8.78 Å². The quantitative estimate of drug-likeness (QED) is 0.798. The molecule has 0 bridgehead atoms. The summed E-state index contributed by atoms with van der Waals surface area (Å²) in [5.74, 6) is -1.62. The summed E-state index contributed by atoms with van der Waals surface area (Å²) in [6.45, 7) is 0.00811. The van der Waals surface area contributed by atoms with Crippen LogP contribution < -0.4 is 16.9 Å². The first-order chi connectivity index (χ1) is 9.42. The van der Waals surface area contributed by atoms with E-state index in [1.54, 1.807) is 0 Å². The fourth-order valence-corrected chi connectivity index (χ4v) is 2.28. The van der Waals surface area contributed by atoms with Crippen molar-refractivity contribution < 1.29 is 8.78 Å². The molecule has 1 aromatic carbocycles. The number of halogens is 2. The zero-order valence-corrected chi connectivity index (χ0v) is 11.1. The molecule has 0 saturated heterocycles. The standard InChI is InChI=1S/C11H10F2N4O2S/c1-17-11(15-9(18)10(19)16-17)20-8-6(12)2-5(4-14)3-7(8)13/h2-3H,4,14H2,1H3,(H,16,19). The van der Waals surface area contributed by atoms with Crippen molar-refractivity contribution in [1.82, 2.24) is 14.8 Å². The molecule has 1 heterocycles. The van der Waals surface area contributed by atoms with Crippen molar-refractivity contribution in [1.29, 1.82) is 0 Å². The third kappa shape index (κ3) is 2.78. The first kappa shape index (κ1) is 14.4. The Kier molecular flexibility index (Phi) is 4.00. The van der Waals surface area contributed by atoms with Gasteiger partial charge in [-0.3, -0.25) is 19.4 Å². The first-order valence-corrected chi connectivity index (χ1v) is 6.27. The van der Waals surface area contributed by atoms with Gasteiger partial charge in [0, 0.05) is 13.6 Å². The Hall–Kier alpha value is -2.00. The molecule has 0 aliphatic rings. The van der Waals surface area contributed by atoms with Crippen LogP contribution >= 0.6 is 11.8 Å². The molecule has 0 radical (unpaired) electrons. The van der Waals surface area contributed by atoms with Crippen molar-refractivity contribution in [3.05, 3.63) is 50.0 Å². The van der Waals surface area contributed by atoms with Crippen LogP contribution in [0, 0.1) is 11.6 Å². The number of aromatic amines is 1. The summed E-state index contributed by atoms with van der Waals surface area (Å²) in [7, 11) is 1.40. The minimum Gasteiger partial charge on any atom is -0.326 e. The lowest BCUT2D eigenvalue weighted by molar-refractivity contribution is 0.534. The van der Waals surface area contributed by atoms with Gasteiger partial charge >= 0.3 is 11.1 Å². The highest BCUT2D eigenvalue weighted by Crippen LogP contribution is 2.30. The van der Waals surface area contributed by atoms with Crippen molar-refractivity contribution in [2.45, 2.75) is 16.6 Å². The SMILES string of the molecule is Cn1[nH]c(=O)c(=O)nc1Sc1c(F)cc(CN)cc1F. The monoisotopic (exact) mass is 300 g/mol. The molecule has 6 nitrogen and oxygen atoms in total. The summed E-state index contributed by atoms with van der Waals surface area (Å²) in [6.07, 6.45) is 0. The molecule has 9 heteroatoms. The van der Waals surface area contributed by atoms with Crippen LogP contribution in [0.3, 0.4) is 0 Å². The zero-order valence-electron chi connectivity index (χ0n) is 10.3. The van der Waals surface area contributed by atoms with Gasteiger partial charge in [-0.25, -0.2) is 8.78 Å². The van der Waals surface area contributed by atoms with Gasteiger partial charge in [-0.2, -0.15) is 4.98 Å². The summed E-state index contributed by atoms with van der Waals surface area (Å²) in [5.41, 5.74) is 3.70. The van der Waals surface area contributed by atoms with Crippen LogP contribution in [0.1, 0.15) is 5.56 Å². The Labute approximate surface area is 115 Å². The first-order valence-electron chi connectivity index (χ1n) is 5.45. The number of rotatable bonds is 3. The third-order valence-corrected chi connectivity index (χ3v) is 3.58. The van der Waals surface area contributed by atoms with Crippen LogP contribution in [0.2, 0.25) is 0 Å². The molecule has 0 amide bonds. The number of benzene rings is 1. The van der Waals surface area contributed by atoms with Crippen molar-refractivity contribution in [3.63, 3.8) is 0 Å². The molecular formula is C11H10F2N4O2S. The molecule has 2 aromatic rings. The van der Waals surface area contributed by atoms with Gasteiger partial charge in [-0.05, 0) is 29.5 Å². The Morgan fingerprint density at radius 1 is 1.35 bits per heavy atom. The van der Waals surface area contributed by atoms with E-state index in [1.807, 2.05) is 0 Å². The van der Waals surface area contributed by atoms with E-state index >= 15 is 0 Å². The molecule has 0 unspecified atom stereocenters. The average molecular weight is 300 g/mol. The maximum Gasteiger partial charge on any atom is 0.339 e.